The summed E-state index contributed by atoms with van der Waals surface area (Å²) in [6.45, 7) is 1.32. The van der Waals surface area contributed by atoms with Crippen molar-refractivity contribution in [1.29, 1.82) is 0 Å². The summed E-state index contributed by atoms with van der Waals surface area (Å²) in [5.41, 5.74) is 0.378. The van der Waals surface area contributed by atoms with Crippen LogP contribution in [0.5, 0.6) is 0 Å². The van der Waals surface area contributed by atoms with Gasteiger partial charge in [0.25, 0.3) is 0 Å². The molecule has 0 radical (unpaired) electrons. The van der Waals surface area contributed by atoms with Crippen LogP contribution in [-0.4, -0.2) is 33.9 Å². The lowest BCUT2D eigenvalue weighted by Gasteiger charge is -2.15. The van der Waals surface area contributed by atoms with Crippen LogP contribution in [-0.2, 0) is 4.79 Å². The Kier molecular flexibility index (Phi) is 3.61. The summed E-state index contributed by atoms with van der Waals surface area (Å²) in [4.78, 5) is 10.5. The lowest BCUT2D eigenvalue weighted by molar-refractivity contribution is -0.119. The minimum atomic E-state index is -1.10. The average molecular weight is 200 g/mol. The first-order valence-electron chi connectivity index (χ1n) is 4.11. The van der Waals surface area contributed by atoms with E-state index in [-0.39, 0.29) is 12.5 Å². The summed E-state index contributed by atoms with van der Waals surface area (Å²) in [5, 5.41) is 24.7. The van der Waals surface area contributed by atoms with Crippen LogP contribution in [0.1, 0.15) is 18.6 Å². The van der Waals surface area contributed by atoms with Crippen LogP contribution >= 0.6 is 0 Å². The normalized spacial score (nSPS) is 14.8. The number of carbonyl (C=O) groups is 1. The molecule has 2 atom stereocenters. The minimum Gasteiger partial charge on any atom is -0.388 e. The highest BCUT2D eigenvalue weighted by atomic mass is 16.5. The maximum atomic E-state index is 10.5. The van der Waals surface area contributed by atoms with Gasteiger partial charge in [0.1, 0.15) is 18.5 Å². The molecule has 1 aromatic rings. The van der Waals surface area contributed by atoms with Crippen molar-refractivity contribution in [3.8, 4) is 0 Å². The van der Waals surface area contributed by atoms with Crippen molar-refractivity contribution in [2.24, 2.45) is 0 Å². The van der Waals surface area contributed by atoms with Crippen LogP contribution in [0.4, 0.5) is 0 Å². The van der Waals surface area contributed by atoms with Crippen molar-refractivity contribution >= 4 is 5.91 Å². The molecule has 0 fully saturated rings. The molecule has 14 heavy (non-hydrogen) atoms. The van der Waals surface area contributed by atoms with Gasteiger partial charge in [-0.15, -0.1) is 0 Å². The molecule has 0 aliphatic heterocycles. The van der Waals surface area contributed by atoms with Crippen LogP contribution in [0.2, 0.25) is 0 Å². The SMILES string of the molecule is CC(=O)NCC(O)C(O)c1cnoc1. The third-order valence-electron chi connectivity index (χ3n) is 1.72. The van der Waals surface area contributed by atoms with Gasteiger partial charge in [-0.05, 0) is 0 Å². The lowest BCUT2D eigenvalue weighted by Crippen LogP contribution is -2.34. The first kappa shape index (κ1) is 10.7. The molecule has 6 nitrogen and oxygen atoms in total. The first-order chi connectivity index (χ1) is 6.61. The minimum absolute atomic E-state index is 0.0122. The van der Waals surface area contributed by atoms with Gasteiger partial charge in [-0.3, -0.25) is 4.79 Å². The predicted octanol–water partition coefficient (Wildman–Crippen LogP) is -0.795. The van der Waals surface area contributed by atoms with Crippen molar-refractivity contribution in [2.45, 2.75) is 19.1 Å². The molecule has 0 spiro atoms. The first-order valence-corrected chi connectivity index (χ1v) is 4.11. The Labute approximate surface area is 80.5 Å². The van der Waals surface area contributed by atoms with Gasteiger partial charge in [-0.1, -0.05) is 5.16 Å². The molecule has 1 aromatic heterocycles. The van der Waals surface area contributed by atoms with E-state index in [2.05, 4.69) is 15.0 Å². The van der Waals surface area contributed by atoms with Gasteiger partial charge < -0.3 is 20.1 Å². The zero-order chi connectivity index (χ0) is 10.6. The Hall–Kier alpha value is -1.40. The van der Waals surface area contributed by atoms with E-state index >= 15 is 0 Å². The summed E-state index contributed by atoms with van der Waals surface area (Å²) in [6, 6.07) is 0. The van der Waals surface area contributed by atoms with Crippen molar-refractivity contribution in [2.75, 3.05) is 6.54 Å². The van der Waals surface area contributed by atoms with Gasteiger partial charge in [-0.25, -0.2) is 0 Å². The molecule has 1 rings (SSSR count). The van der Waals surface area contributed by atoms with Crippen LogP contribution in [0.15, 0.2) is 17.0 Å². The van der Waals surface area contributed by atoms with E-state index in [1.165, 1.54) is 19.4 Å². The Balaban J connectivity index is 2.44. The molecule has 3 N–H and O–H groups in total. The summed E-state index contributed by atoms with van der Waals surface area (Å²) in [6.07, 6.45) is 0.370. The van der Waals surface area contributed by atoms with Gasteiger partial charge in [-0.2, -0.15) is 0 Å². The molecule has 0 saturated carbocycles. The Morgan fingerprint density at radius 2 is 2.43 bits per heavy atom. The molecule has 78 valence electrons. The second-order valence-corrected chi connectivity index (χ2v) is 2.91. The molecule has 1 amide bonds. The molecule has 6 heteroatoms. The number of nitrogens with one attached hydrogen (secondary N) is 1. The van der Waals surface area contributed by atoms with E-state index in [1.807, 2.05) is 0 Å². The quantitative estimate of drug-likeness (QED) is 0.591. The zero-order valence-electron chi connectivity index (χ0n) is 7.67. The number of amides is 1. The number of rotatable bonds is 4. The van der Waals surface area contributed by atoms with E-state index in [0.717, 1.165) is 0 Å². The second kappa shape index (κ2) is 4.73. The Bertz CT molecular complexity index is 286. The summed E-state index contributed by atoms with van der Waals surface area (Å²) < 4.78 is 4.50. The number of carbonyl (C=O) groups excluding carboxylic acids is 1. The number of nitrogens with zero attached hydrogens (tertiary/aromatic N) is 1. The summed E-state index contributed by atoms with van der Waals surface area (Å²) >= 11 is 0. The second-order valence-electron chi connectivity index (χ2n) is 2.91. The molecular weight excluding hydrogens is 188 g/mol. The predicted molar refractivity (Wildman–Crippen MR) is 46.2 cm³/mol. The van der Waals surface area contributed by atoms with Crippen molar-refractivity contribution < 1.29 is 19.5 Å². The van der Waals surface area contributed by atoms with Gasteiger partial charge in [0, 0.05) is 19.0 Å². The molecule has 0 aliphatic carbocycles. The summed E-state index contributed by atoms with van der Waals surface area (Å²) in [7, 11) is 0. The fourth-order valence-corrected chi connectivity index (χ4v) is 0.941. The highest BCUT2D eigenvalue weighted by Crippen LogP contribution is 2.15. The fourth-order valence-electron chi connectivity index (χ4n) is 0.941. The number of hydrogen-bond acceptors (Lipinski definition) is 5. The van der Waals surface area contributed by atoms with Crippen LogP contribution < -0.4 is 5.32 Å². The number of aliphatic hydroxyl groups is 2. The average Bonchev–Trinajstić information content (AvgIpc) is 2.65. The highest BCUT2D eigenvalue weighted by molar-refractivity contribution is 5.72. The van der Waals surface area contributed by atoms with E-state index in [0.29, 0.717) is 5.56 Å². The molecular formula is C8H12N2O4. The van der Waals surface area contributed by atoms with E-state index in [9.17, 15) is 15.0 Å². The van der Waals surface area contributed by atoms with Gasteiger partial charge in [0.15, 0.2) is 0 Å². The van der Waals surface area contributed by atoms with Crippen LogP contribution in [0.25, 0.3) is 0 Å². The molecule has 0 aromatic carbocycles. The largest absolute Gasteiger partial charge is 0.388 e. The third-order valence-corrected chi connectivity index (χ3v) is 1.72. The summed E-state index contributed by atoms with van der Waals surface area (Å²) in [5.74, 6) is -0.262. The van der Waals surface area contributed by atoms with E-state index in [4.69, 9.17) is 0 Å². The fraction of sp³-hybridized carbons (Fsp3) is 0.500. The third kappa shape index (κ3) is 2.82. The van der Waals surface area contributed by atoms with E-state index < -0.39 is 12.2 Å². The molecule has 0 bridgehead atoms. The molecule has 2 unspecified atom stereocenters. The number of hydrogen-bond donors (Lipinski definition) is 3. The van der Waals surface area contributed by atoms with E-state index in [1.54, 1.807) is 0 Å². The Morgan fingerprint density at radius 1 is 1.71 bits per heavy atom. The Morgan fingerprint density at radius 3 is 2.93 bits per heavy atom. The van der Waals surface area contributed by atoms with Crippen LogP contribution in [0, 0.1) is 0 Å². The van der Waals surface area contributed by atoms with Crippen molar-refractivity contribution in [1.82, 2.24) is 10.5 Å². The van der Waals surface area contributed by atoms with Crippen LogP contribution in [0.3, 0.4) is 0 Å². The smallest absolute Gasteiger partial charge is 0.216 e. The lowest BCUT2D eigenvalue weighted by atomic mass is 10.1. The molecule has 1 heterocycles. The number of aliphatic hydroxyl groups excluding tert-OH is 2. The highest BCUT2D eigenvalue weighted by Gasteiger charge is 2.19. The number of aromatic nitrogens is 1. The van der Waals surface area contributed by atoms with Gasteiger partial charge in [0.2, 0.25) is 5.91 Å². The van der Waals surface area contributed by atoms with Gasteiger partial charge >= 0.3 is 0 Å². The molecule has 0 aliphatic rings. The standard InChI is InChI=1S/C8H12N2O4/c1-5(11)9-3-7(12)8(13)6-2-10-14-4-6/h2,4,7-8,12-13H,3H2,1H3,(H,9,11). The van der Waals surface area contributed by atoms with Gasteiger partial charge in [0.05, 0.1) is 6.20 Å². The van der Waals surface area contributed by atoms with Crippen molar-refractivity contribution in [3.63, 3.8) is 0 Å². The maximum absolute atomic E-state index is 10.5. The van der Waals surface area contributed by atoms with Crippen molar-refractivity contribution in [3.05, 3.63) is 18.0 Å². The monoisotopic (exact) mass is 200 g/mol. The topological polar surface area (TPSA) is 95.6 Å². The molecule has 0 saturated heterocycles. The zero-order valence-corrected chi connectivity index (χ0v) is 7.67. The maximum Gasteiger partial charge on any atom is 0.216 e.